The average molecular weight is 361 g/mol. The number of rotatable bonds is 6. The molecule has 0 radical (unpaired) electrons. The second-order valence-electron chi connectivity index (χ2n) is 7.12. The number of carbonyl (C=O) groups excluding carboxylic acids is 1. The molecule has 136 valence electrons. The smallest absolute Gasteiger partial charge is 0.217 e. The molecule has 1 atom stereocenters. The quantitative estimate of drug-likeness (QED) is 0.604. The Hall–Kier alpha value is -1.69. The topological polar surface area (TPSA) is 70.7 Å². The minimum atomic E-state index is -0.203. The fourth-order valence-electron chi connectivity index (χ4n) is 3.47. The van der Waals surface area contributed by atoms with Gasteiger partial charge in [-0.1, -0.05) is 18.2 Å². The first-order valence-electron chi connectivity index (χ1n) is 9.08. The molecule has 25 heavy (non-hydrogen) atoms. The number of piperidine rings is 1. The number of hydrogen-bond donors (Lipinski definition) is 2. The Balaban J connectivity index is 1.53. The Morgan fingerprint density at radius 2 is 2.16 bits per heavy atom. The third kappa shape index (κ3) is 5.14. The van der Waals surface area contributed by atoms with Crippen LogP contribution in [0, 0.1) is 5.92 Å². The molecule has 1 aliphatic heterocycles. The lowest BCUT2D eigenvalue weighted by atomic mass is 9.95. The molecule has 0 spiro atoms. The number of nitrogens with zero attached hydrogens (tertiary/aromatic N) is 2. The van der Waals surface area contributed by atoms with Gasteiger partial charge in [-0.25, -0.2) is 0 Å². The van der Waals surface area contributed by atoms with Crippen molar-refractivity contribution in [1.82, 2.24) is 10.2 Å². The van der Waals surface area contributed by atoms with Crippen LogP contribution in [0.25, 0.3) is 0 Å². The van der Waals surface area contributed by atoms with Crippen LogP contribution < -0.4 is 11.1 Å². The van der Waals surface area contributed by atoms with Gasteiger partial charge in [0.05, 0.1) is 0 Å². The Labute approximate surface area is 154 Å². The summed E-state index contributed by atoms with van der Waals surface area (Å²) in [5.74, 6) is 1.10. The van der Waals surface area contributed by atoms with Crippen molar-refractivity contribution in [2.75, 3.05) is 26.7 Å². The molecule has 2 fully saturated rings. The molecule has 1 unspecified atom stereocenters. The number of hydrogen-bond acceptors (Lipinski definition) is 3. The van der Waals surface area contributed by atoms with E-state index in [-0.39, 0.29) is 5.91 Å². The molecule has 3 N–H and O–H groups in total. The van der Waals surface area contributed by atoms with Crippen molar-refractivity contribution in [3.63, 3.8) is 0 Å². The van der Waals surface area contributed by atoms with E-state index in [4.69, 9.17) is 5.73 Å². The number of thioether (sulfide) groups is 1. The van der Waals surface area contributed by atoms with Gasteiger partial charge in [0, 0.05) is 42.7 Å². The number of likely N-dealkylation sites (tertiary alicyclic amines) is 1. The summed E-state index contributed by atoms with van der Waals surface area (Å²) < 4.78 is 0.291. The van der Waals surface area contributed by atoms with Crippen LogP contribution in [0.2, 0.25) is 0 Å². The minimum absolute atomic E-state index is 0.203. The molecular formula is C19H28N4OS. The molecule has 1 amide bonds. The highest BCUT2D eigenvalue weighted by molar-refractivity contribution is 8.01. The zero-order chi connectivity index (χ0) is 17.7. The van der Waals surface area contributed by atoms with Crippen LogP contribution in [0.3, 0.4) is 0 Å². The summed E-state index contributed by atoms with van der Waals surface area (Å²) in [5, 5.41) is 3.57. The van der Waals surface area contributed by atoms with E-state index in [1.807, 2.05) is 18.8 Å². The molecule has 1 saturated carbocycles. The Morgan fingerprint density at radius 1 is 1.40 bits per heavy atom. The third-order valence-electron chi connectivity index (χ3n) is 4.97. The lowest BCUT2D eigenvalue weighted by molar-refractivity contribution is -0.119. The summed E-state index contributed by atoms with van der Waals surface area (Å²) in [6.07, 6.45) is 5.11. The monoisotopic (exact) mass is 360 g/mol. The fraction of sp³-hybridized carbons (Fsp3) is 0.579. The van der Waals surface area contributed by atoms with E-state index in [2.05, 4.69) is 45.5 Å². The van der Waals surface area contributed by atoms with Gasteiger partial charge in [0.25, 0.3) is 0 Å². The van der Waals surface area contributed by atoms with Crippen LogP contribution in [0.5, 0.6) is 0 Å². The van der Waals surface area contributed by atoms with E-state index in [1.54, 1.807) is 0 Å². The van der Waals surface area contributed by atoms with Gasteiger partial charge in [0.15, 0.2) is 5.96 Å². The minimum Gasteiger partial charge on any atom is -0.370 e. The molecule has 2 aliphatic rings. The molecule has 1 aliphatic carbocycles. The van der Waals surface area contributed by atoms with Crippen molar-refractivity contribution < 1.29 is 4.79 Å². The molecule has 6 heteroatoms. The predicted molar refractivity (Wildman–Crippen MR) is 104 cm³/mol. The maximum atomic E-state index is 11.2. The maximum absolute atomic E-state index is 11.2. The normalized spacial score (nSPS) is 22.5. The number of nitrogens with two attached hydrogens (primary N) is 1. The van der Waals surface area contributed by atoms with Gasteiger partial charge in [0.2, 0.25) is 5.91 Å². The maximum Gasteiger partial charge on any atom is 0.217 e. The summed E-state index contributed by atoms with van der Waals surface area (Å²) >= 11 is 1.97. The van der Waals surface area contributed by atoms with Crippen molar-refractivity contribution >= 4 is 23.6 Å². The summed E-state index contributed by atoms with van der Waals surface area (Å²) in [7, 11) is 1.84. The third-order valence-corrected chi connectivity index (χ3v) is 6.47. The van der Waals surface area contributed by atoms with E-state index in [9.17, 15) is 4.79 Å². The summed E-state index contributed by atoms with van der Waals surface area (Å²) in [6.45, 7) is 2.78. The van der Waals surface area contributed by atoms with Crippen LogP contribution in [-0.2, 0) is 4.79 Å². The van der Waals surface area contributed by atoms with Gasteiger partial charge in [-0.05, 0) is 43.7 Å². The first-order valence-corrected chi connectivity index (χ1v) is 9.90. The molecular weight excluding hydrogens is 332 g/mol. The fourth-order valence-corrected chi connectivity index (χ4v) is 4.72. The van der Waals surface area contributed by atoms with Gasteiger partial charge >= 0.3 is 0 Å². The zero-order valence-corrected chi connectivity index (χ0v) is 15.7. The lowest BCUT2D eigenvalue weighted by Gasteiger charge is -2.35. The average Bonchev–Trinajstić information content (AvgIpc) is 3.36. The summed E-state index contributed by atoms with van der Waals surface area (Å²) in [5.41, 5.74) is 5.37. The van der Waals surface area contributed by atoms with Crippen molar-refractivity contribution in [1.29, 1.82) is 0 Å². The lowest BCUT2D eigenvalue weighted by Crippen LogP contribution is -2.48. The second kappa shape index (κ2) is 8.13. The summed E-state index contributed by atoms with van der Waals surface area (Å²) in [6, 6.07) is 10.6. The number of guanidine groups is 1. The molecule has 0 bridgehead atoms. The molecule has 1 aromatic carbocycles. The Bertz CT molecular complexity index is 615. The van der Waals surface area contributed by atoms with E-state index < -0.39 is 0 Å². The molecule has 5 nitrogen and oxygen atoms in total. The van der Waals surface area contributed by atoms with Gasteiger partial charge in [-0.3, -0.25) is 9.79 Å². The largest absolute Gasteiger partial charge is 0.370 e. The highest BCUT2D eigenvalue weighted by atomic mass is 32.2. The summed E-state index contributed by atoms with van der Waals surface area (Å²) in [4.78, 5) is 19.3. The number of nitrogens with one attached hydrogen (secondary N) is 1. The van der Waals surface area contributed by atoms with Crippen molar-refractivity contribution in [2.45, 2.75) is 41.7 Å². The van der Waals surface area contributed by atoms with Crippen LogP contribution in [-0.4, -0.2) is 48.2 Å². The van der Waals surface area contributed by atoms with Crippen molar-refractivity contribution in [2.24, 2.45) is 16.6 Å². The van der Waals surface area contributed by atoms with Crippen molar-refractivity contribution in [3.05, 3.63) is 30.3 Å². The number of benzene rings is 1. The number of primary amides is 1. The first kappa shape index (κ1) is 18.1. The molecule has 1 heterocycles. The predicted octanol–water partition coefficient (Wildman–Crippen LogP) is 2.47. The first-order chi connectivity index (χ1) is 12.1. The second-order valence-corrected chi connectivity index (χ2v) is 8.67. The van der Waals surface area contributed by atoms with Gasteiger partial charge in [-0.2, -0.15) is 0 Å². The van der Waals surface area contributed by atoms with E-state index in [0.717, 1.165) is 38.4 Å². The number of aliphatic imine (C=N–C) groups is 1. The SMILES string of the molecule is CN=C(NCC1(Sc2ccccc2)CC1)N1CCCC(CC(N)=O)C1. The molecule has 0 aromatic heterocycles. The molecule has 1 saturated heterocycles. The zero-order valence-electron chi connectivity index (χ0n) is 14.9. The number of amides is 1. The highest BCUT2D eigenvalue weighted by Gasteiger charge is 2.44. The Morgan fingerprint density at radius 3 is 2.80 bits per heavy atom. The van der Waals surface area contributed by atoms with Gasteiger partial charge in [0.1, 0.15) is 0 Å². The van der Waals surface area contributed by atoms with Crippen molar-refractivity contribution in [3.8, 4) is 0 Å². The van der Waals surface area contributed by atoms with Crippen LogP contribution in [0.15, 0.2) is 40.2 Å². The van der Waals surface area contributed by atoms with Crippen LogP contribution >= 0.6 is 11.8 Å². The van der Waals surface area contributed by atoms with Gasteiger partial charge in [-0.15, -0.1) is 11.8 Å². The Kier molecular flexibility index (Phi) is 5.89. The van der Waals surface area contributed by atoms with E-state index >= 15 is 0 Å². The molecule has 3 rings (SSSR count). The van der Waals surface area contributed by atoms with E-state index in [0.29, 0.717) is 17.1 Å². The highest BCUT2D eigenvalue weighted by Crippen LogP contribution is 2.51. The van der Waals surface area contributed by atoms with E-state index in [1.165, 1.54) is 17.7 Å². The standard InChI is InChI=1S/C19H28N4OS/c1-21-18(23-11-5-6-15(13-23)12-17(20)24)22-14-19(9-10-19)25-16-7-3-2-4-8-16/h2-4,7-8,15H,5-6,9-14H2,1H3,(H2,20,24)(H,21,22). The number of carbonyl (C=O) groups is 1. The molecule has 1 aromatic rings. The van der Waals surface area contributed by atoms with Crippen LogP contribution in [0.1, 0.15) is 32.1 Å². The van der Waals surface area contributed by atoms with Crippen LogP contribution in [0.4, 0.5) is 0 Å². The van der Waals surface area contributed by atoms with Gasteiger partial charge < -0.3 is 16.0 Å².